The van der Waals surface area contributed by atoms with E-state index in [1.54, 1.807) is 24.2 Å². The van der Waals surface area contributed by atoms with Gasteiger partial charge in [0.25, 0.3) is 0 Å². The summed E-state index contributed by atoms with van der Waals surface area (Å²) in [6, 6.07) is 6.18. The quantitative estimate of drug-likeness (QED) is 0.692. The molecule has 1 aromatic heterocycles. The van der Waals surface area contributed by atoms with Gasteiger partial charge in [-0.05, 0) is 17.7 Å². The van der Waals surface area contributed by atoms with Gasteiger partial charge in [0.05, 0.1) is 5.69 Å². The van der Waals surface area contributed by atoms with Gasteiger partial charge in [-0.1, -0.05) is 30.5 Å². The van der Waals surface area contributed by atoms with E-state index in [1.807, 2.05) is 12.1 Å². The largest absolute Gasteiger partial charge is 0.337 e. The van der Waals surface area contributed by atoms with E-state index in [9.17, 15) is 0 Å². The molecule has 0 fully saturated rings. The fourth-order valence-corrected chi connectivity index (χ4v) is 2.46. The van der Waals surface area contributed by atoms with E-state index in [0.717, 1.165) is 22.1 Å². The number of hydrogen-bond donors (Lipinski definition) is 1. The first-order valence-electron chi connectivity index (χ1n) is 4.89. The van der Waals surface area contributed by atoms with Gasteiger partial charge >= 0.3 is 0 Å². The fraction of sp³-hybridized carbons (Fsp3) is 0. The van der Waals surface area contributed by atoms with Gasteiger partial charge in [0.15, 0.2) is 5.82 Å². The Morgan fingerprint density at radius 1 is 1.25 bits per heavy atom. The monoisotopic (exact) mass is 227 g/mol. The Labute approximate surface area is 97.6 Å². The number of hydrogen-bond acceptors (Lipinski definition) is 4. The third-order valence-electron chi connectivity index (χ3n) is 2.36. The summed E-state index contributed by atoms with van der Waals surface area (Å²) in [5.74, 6) is 0.821. The Morgan fingerprint density at radius 3 is 3.00 bits per heavy atom. The van der Waals surface area contributed by atoms with E-state index in [0.29, 0.717) is 0 Å². The van der Waals surface area contributed by atoms with Crippen LogP contribution in [-0.2, 0) is 0 Å². The van der Waals surface area contributed by atoms with E-state index in [2.05, 4.69) is 34.0 Å². The maximum Gasteiger partial charge on any atom is 0.163 e. The van der Waals surface area contributed by atoms with Crippen molar-refractivity contribution in [2.75, 3.05) is 5.32 Å². The standard InChI is InChI=1S/C12H9N3S/c1-2-8-3-4-10-9(7-8)15-11-12(16-10)14-6-5-13-11/h2-7H,1H2,(H,13,15). The summed E-state index contributed by atoms with van der Waals surface area (Å²) >= 11 is 1.63. The topological polar surface area (TPSA) is 37.8 Å². The summed E-state index contributed by atoms with van der Waals surface area (Å²) in [7, 11) is 0. The molecule has 0 saturated carbocycles. The predicted molar refractivity (Wildman–Crippen MR) is 66.0 cm³/mol. The van der Waals surface area contributed by atoms with Gasteiger partial charge in [0.2, 0.25) is 0 Å². The van der Waals surface area contributed by atoms with Gasteiger partial charge in [-0.2, -0.15) is 0 Å². The molecule has 2 aromatic rings. The van der Waals surface area contributed by atoms with Crippen molar-refractivity contribution in [1.29, 1.82) is 0 Å². The van der Waals surface area contributed by atoms with E-state index in [1.165, 1.54) is 4.90 Å². The van der Waals surface area contributed by atoms with Crippen LogP contribution in [0, 0.1) is 0 Å². The average Bonchev–Trinajstić information content (AvgIpc) is 2.35. The zero-order valence-corrected chi connectivity index (χ0v) is 9.29. The molecule has 78 valence electrons. The lowest BCUT2D eigenvalue weighted by Crippen LogP contribution is -2.03. The van der Waals surface area contributed by atoms with E-state index in [4.69, 9.17) is 0 Å². The molecule has 0 radical (unpaired) electrons. The SMILES string of the molecule is C=Cc1ccc2c(c1)Nc1nccnc1S2. The van der Waals surface area contributed by atoms with Crippen LogP contribution in [0.15, 0.2) is 47.1 Å². The van der Waals surface area contributed by atoms with Crippen molar-refractivity contribution in [2.24, 2.45) is 0 Å². The minimum Gasteiger partial charge on any atom is -0.337 e. The van der Waals surface area contributed by atoms with Gasteiger partial charge in [0, 0.05) is 17.3 Å². The molecule has 0 saturated heterocycles. The Bertz CT molecular complexity index is 566. The van der Waals surface area contributed by atoms with Gasteiger partial charge in [-0.15, -0.1) is 0 Å². The van der Waals surface area contributed by atoms with Crippen molar-refractivity contribution in [3.8, 4) is 0 Å². The highest BCUT2D eigenvalue weighted by molar-refractivity contribution is 7.99. The van der Waals surface area contributed by atoms with Crippen LogP contribution in [0.2, 0.25) is 0 Å². The third-order valence-corrected chi connectivity index (χ3v) is 3.43. The summed E-state index contributed by atoms with van der Waals surface area (Å²) in [6.07, 6.45) is 5.23. The molecule has 0 spiro atoms. The smallest absolute Gasteiger partial charge is 0.163 e. The molecule has 3 nitrogen and oxygen atoms in total. The summed E-state index contributed by atoms with van der Waals surface area (Å²) in [5.41, 5.74) is 2.16. The van der Waals surface area contributed by atoms with Crippen LogP contribution in [0.4, 0.5) is 11.5 Å². The molecular weight excluding hydrogens is 218 g/mol. The highest BCUT2D eigenvalue weighted by Crippen LogP contribution is 2.41. The second-order valence-electron chi connectivity index (χ2n) is 3.40. The minimum absolute atomic E-state index is 0.821. The second kappa shape index (κ2) is 3.64. The van der Waals surface area contributed by atoms with Crippen molar-refractivity contribution in [1.82, 2.24) is 9.97 Å². The van der Waals surface area contributed by atoms with E-state index >= 15 is 0 Å². The van der Waals surface area contributed by atoms with Crippen molar-refractivity contribution in [2.45, 2.75) is 9.92 Å². The van der Waals surface area contributed by atoms with Crippen molar-refractivity contribution >= 4 is 29.3 Å². The lowest BCUT2D eigenvalue weighted by Gasteiger charge is -2.18. The number of fused-ring (bicyclic) bond motifs is 2. The lowest BCUT2D eigenvalue weighted by atomic mass is 10.2. The number of rotatable bonds is 1. The Morgan fingerprint density at radius 2 is 2.12 bits per heavy atom. The molecule has 3 rings (SSSR count). The third kappa shape index (κ3) is 1.47. The molecular formula is C12H9N3S. The molecule has 0 bridgehead atoms. The zero-order valence-electron chi connectivity index (χ0n) is 8.47. The highest BCUT2D eigenvalue weighted by Gasteiger charge is 2.17. The van der Waals surface area contributed by atoms with Crippen LogP contribution in [0.1, 0.15) is 5.56 Å². The molecule has 0 amide bonds. The zero-order chi connectivity index (χ0) is 11.0. The normalized spacial score (nSPS) is 12.2. The summed E-state index contributed by atoms with van der Waals surface area (Å²) in [6.45, 7) is 3.76. The van der Waals surface area contributed by atoms with E-state index < -0.39 is 0 Å². The first kappa shape index (κ1) is 9.42. The van der Waals surface area contributed by atoms with Crippen LogP contribution in [0.5, 0.6) is 0 Å². The van der Waals surface area contributed by atoms with Crippen LogP contribution in [0.25, 0.3) is 6.08 Å². The molecule has 1 aliphatic rings. The number of nitrogens with zero attached hydrogens (tertiary/aromatic N) is 2. The molecule has 4 heteroatoms. The fourth-order valence-electron chi connectivity index (χ4n) is 1.58. The summed E-state index contributed by atoms with van der Waals surface area (Å²) in [4.78, 5) is 9.70. The first-order chi connectivity index (χ1) is 7.86. The molecule has 1 aromatic carbocycles. The van der Waals surface area contributed by atoms with Crippen LogP contribution in [0.3, 0.4) is 0 Å². The van der Waals surface area contributed by atoms with Gasteiger partial charge in [-0.3, -0.25) is 0 Å². The first-order valence-corrected chi connectivity index (χ1v) is 5.71. The average molecular weight is 227 g/mol. The highest BCUT2D eigenvalue weighted by atomic mass is 32.2. The maximum absolute atomic E-state index is 4.28. The number of benzene rings is 1. The minimum atomic E-state index is 0.821. The summed E-state index contributed by atoms with van der Waals surface area (Å²) in [5, 5.41) is 4.19. The number of anilines is 2. The summed E-state index contributed by atoms with van der Waals surface area (Å²) < 4.78 is 0. The van der Waals surface area contributed by atoms with Gasteiger partial charge in [0.1, 0.15) is 5.03 Å². The van der Waals surface area contributed by atoms with Crippen LogP contribution < -0.4 is 5.32 Å². The lowest BCUT2D eigenvalue weighted by molar-refractivity contribution is 1.05. The second-order valence-corrected chi connectivity index (χ2v) is 4.43. The number of nitrogens with one attached hydrogen (secondary N) is 1. The van der Waals surface area contributed by atoms with E-state index in [-0.39, 0.29) is 0 Å². The van der Waals surface area contributed by atoms with Gasteiger partial charge in [-0.25, -0.2) is 9.97 Å². The Kier molecular flexibility index (Phi) is 2.15. The Hall–Kier alpha value is -1.81. The molecule has 0 aliphatic carbocycles. The van der Waals surface area contributed by atoms with Crippen molar-refractivity contribution < 1.29 is 0 Å². The van der Waals surface area contributed by atoms with Crippen molar-refractivity contribution in [3.05, 3.63) is 42.7 Å². The number of aromatic nitrogens is 2. The molecule has 0 unspecified atom stereocenters. The maximum atomic E-state index is 4.28. The van der Waals surface area contributed by atoms with Gasteiger partial charge < -0.3 is 5.32 Å². The molecule has 1 N–H and O–H groups in total. The predicted octanol–water partition coefficient (Wildman–Crippen LogP) is 3.33. The van der Waals surface area contributed by atoms with Crippen LogP contribution in [-0.4, -0.2) is 9.97 Å². The van der Waals surface area contributed by atoms with Crippen molar-refractivity contribution in [3.63, 3.8) is 0 Å². The molecule has 2 heterocycles. The van der Waals surface area contributed by atoms with Crippen LogP contribution >= 0.6 is 11.8 Å². The molecule has 16 heavy (non-hydrogen) atoms. The Balaban J connectivity index is 2.08. The molecule has 1 aliphatic heterocycles. The molecule has 0 atom stereocenters.